The molecule has 4 nitrogen and oxygen atoms in total. The second-order valence-corrected chi connectivity index (χ2v) is 4.47. The molecule has 0 saturated heterocycles. The second kappa shape index (κ2) is 4.72. The van der Waals surface area contributed by atoms with Crippen molar-refractivity contribution < 1.29 is 9.53 Å². The molecule has 0 spiro atoms. The van der Waals surface area contributed by atoms with Crippen molar-refractivity contribution in [2.45, 2.75) is 5.92 Å². The van der Waals surface area contributed by atoms with Crippen molar-refractivity contribution in [1.82, 2.24) is 4.98 Å². The van der Waals surface area contributed by atoms with E-state index in [0.717, 1.165) is 17.1 Å². The number of ketones is 1. The van der Waals surface area contributed by atoms with Gasteiger partial charge in [-0.2, -0.15) is 0 Å². The van der Waals surface area contributed by atoms with Gasteiger partial charge in [-0.25, -0.2) is 4.98 Å². The van der Waals surface area contributed by atoms with Crippen LogP contribution >= 0.6 is 0 Å². The molecule has 0 radical (unpaired) electrons. The van der Waals surface area contributed by atoms with Gasteiger partial charge in [0.1, 0.15) is 11.6 Å². The third-order valence-electron chi connectivity index (χ3n) is 3.38. The van der Waals surface area contributed by atoms with Crippen LogP contribution in [0.3, 0.4) is 0 Å². The quantitative estimate of drug-likeness (QED) is 0.855. The number of aromatic nitrogens is 1. The Morgan fingerprint density at radius 3 is 2.84 bits per heavy atom. The number of ether oxygens (including phenoxy) is 1. The predicted octanol–water partition coefficient (Wildman–Crippen LogP) is 2.48. The lowest BCUT2D eigenvalue weighted by Gasteiger charge is -2.09. The summed E-state index contributed by atoms with van der Waals surface area (Å²) in [5.41, 5.74) is 1.67. The van der Waals surface area contributed by atoms with E-state index >= 15 is 0 Å². The summed E-state index contributed by atoms with van der Waals surface area (Å²) < 4.78 is 5.10. The minimum atomic E-state index is -0.155. The first-order chi connectivity index (χ1) is 9.29. The highest BCUT2D eigenvalue weighted by Gasteiger charge is 2.29. The summed E-state index contributed by atoms with van der Waals surface area (Å²) in [6.45, 7) is 0.608. The van der Waals surface area contributed by atoms with Crippen LogP contribution in [0, 0.1) is 0 Å². The number of Topliss-reactive ketones (excluding diaryl/α,β-unsaturated/α-hetero) is 1. The lowest BCUT2D eigenvalue weighted by Crippen LogP contribution is -2.14. The van der Waals surface area contributed by atoms with Crippen molar-refractivity contribution in [1.29, 1.82) is 0 Å². The normalized spacial score (nSPS) is 16.6. The van der Waals surface area contributed by atoms with E-state index in [1.165, 1.54) is 0 Å². The summed E-state index contributed by atoms with van der Waals surface area (Å²) in [5, 5.41) is 3.17. The largest absolute Gasteiger partial charge is 0.497 e. The Bertz CT molecular complexity index is 608. The van der Waals surface area contributed by atoms with Crippen molar-refractivity contribution in [3.63, 3.8) is 0 Å². The SMILES string of the molecule is COc1ccc(C(=O)C2CNc3ncccc32)cc1. The molecule has 0 fully saturated rings. The molecule has 19 heavy (non-hydrogen) atoms. The topological polar surface area (TPSA) is 51.2 Å². The number of fused-ring (bicyclic) bond motifs is 1. The van der Waals surface area contributed by atoms with E-state index < -0.39 is 0 Å². The van der Waals surface area contributed by atoms with Crippen molar-refractivity contribution in [2.75, 3.05) is 19.0 Å². The first kappa shape index (κ1) is 11.7. The van der Waals surface area contributed by atoms with Gasteiger partial charge in [0.2, 0.25) is 0 Å². The smallest absolute Gasteiger partial charge is 0.172 e. The second-order valence-electron chi connectivity index (χ2n) is 4.47. The Labute approximate surface area is 111 Å². The number of methoxy groups -OCH3 is 1. The average molecular weight is 254 g/mol. The number of hydrogen-bond acceptors (Lipinski definition) is 4. The van der Waals surface area contributed by atoms with Gasteiger partial charge in [0, 0.05) is 23.9 Å². The summed E-state index contributed by atoms with van der Waals surface area (Å²) in [5.74, 6) is 1.52. The molecular formula is C15H14N2O2. The summed E-state index contributed by atoms with van der Waals surface area (Å²) in [7, 11) is 1.61. The summed E-state index contributed by atoms with van der Waals surface area (Å²) in [6.07, 6.45) is 1.73. The van der Waals surface area contributed by atoms with E-state index in [4.69, 9.17) is 4.74 Å². The molecule has 1 atom stereocenters. The number of nitrogens with zero attached hydrogens (tertiary/aromatic N) is 1. The number of rotatable bonds is 3. The molecule has 1 aromatic carbocycles. The molecule has 0 saturated carbocycles. The van der Waals surface area contributed by atoms with Gasteiger partial charge >= 0.3 is 0 Å². The maximum absolute atomic E-state index is 12.5. The Morgan fingerprint density at radius 2 is 2.11 bits per heavy atom. The lowest BCUT2D eigenvalue weighted by molar-refractivity contribution is 0.0966. The molecule has 1 aliphatic rings. The molecule has 1 N–H and O–H groups in total. The highest BCUT2D eigenvalue weighted by Crippen LogP contribution is 2.31. The maximum Gasteiger partial charge on any atom is 0.172 e. The first-order valence-corrected chi connectivity index (χ1v) is 6.16. The molecular weight excluding hydrogens is 240 g/mol. The number of anilines is 1. The number of pyridine rings is 1. The summed E-state index contributed by atoms with van der Waals surface area (Å²) >= 11 is 0. The van der Waals surface area contributed by atoms with Crippen LogP contribution in [0.1, 0.15) is 21.8 Å². The minimum Gasteiger partial charge on any atom is -0.497 e. The molecule has 0 amide bonds. The molecule has 0 aliphatic carbocycles. The standard InChI is InChI=1S/C15H14N2O2/c1-19-11-6-4-10(5-7-11)14(18)13-9-17-15-12(13)3-2-8-16-15/h2-8,13H,9H2,1H3,(H,16,17). The molecule has 1 aromatic heterocycles. The van der Waals surface area contributed by atoms with Gasteiger partial charge in [0.15, 0.2) is 5.78 Å². The van der Waals surface area contributed by atoms with Crippen LogP contribution in [-0.4, -0.2) is 24.4 Å². The van der Waals surface area contributed by atoms with Crippen molar-refractivity contribution >= 4 is 11.6 Å². The van der Waals surface area contributed by atoms with Crippen LogP contribution in [0.15, 0.2) is 42.6 Å². The Kier molecular flexibility index (Phi) is 2.91. The zero-order valence-electron chi connectivity index (χ0n) is 10.6. The number of hydrogen-bond donors (Lipinski definition) is 1. The van der Waals surface area contributed by atoms with Gasteiger partial charge in [-0.3, -0.25) is 4.79 Å². The Balaban J connectivity index is 1.89. The summed E-state index contributed by atoms with van der Waals surface area (Å²) in [4.78, 5) is 16.7. The molecule has 2 aromatic rings. The van der Waals surface area contributed by atoms with Crippen molar-refractivity contribution in [2.24, 2.45) is 0 Å². The Hall–Kier alpha value is -2.36. The molecule has 3 rings (SSSR count). The van der Waals surface area contributed by atoms with Gasteiger partial charge < -0.3 is 10.1 Å². The molecule has 1 aliphatic heterocycles. The van der Waals surface area contributed by atoms with E-state index in [2.05, 4.69) is 10.3 Å². The highest BCUT2D eigenvalue weighted by molar-refractivity contribution is 6.02. The van der Waals surface area contributed by atoms with E-state index in [1.54, 1.807) is 37.6 Å². The van der Waals surface area contributed by atoms with E-state index in [1.807, 2.05) is 12.1 Å². The fourth-order valence-electron chi connectivity index (χ4n) is 2.35. The van der Waals surface area contributed by atoms with Crippen LogP contribution < -0.4 is 10.1 Å². The fourth-order valence-corrected chi connectivity index (χ4v) is 2.35. The molecule has 0 bridgehead atoms. The molecule has 96 valence electrons. The number of nitrogens with one attached hydrogen (secondary N) is 1. The molecule has 4 heteroatoms. The van der Waals surface area contributed by atoms with Gasteiger partial charge in [-0.05, 0) is 30.3 Å². The van der Waals surface area contributed by atoms with Gasteiger partial charge in [0.25, 0.3) is 0 Å². The van der Waals surface area contributed by atoms with Gasteiger partial charge in [-0.1, -0.05) is 6.07 Å². The third-order valence-corrected chi connectivity index (χ3v) is 3.38. The average Bonchev–Trinajstić information content (AvgIpc) is 2.90. The lowest BCUT2D eigenvalue weighted by atomic mass is 9.93. The van der Waals surface area contributed by atoms with E-state index in [-0.39, 0.29) is 11.7 Å². The fraction of sp³-hybridized carbons (Fsp3) is 0.200. The molecule has 2 heterocycles. The first-order valence-electron chi connectivity index (χ1n) is 6.16. The number of carbonyl (C=O) groups excluding carboxylic acids is 1. The number of carbonyl (C=O) groups is 1. The monoisotopic (exact) mass is 254 g/mol. The maximum atomic E-state index is 12.5. The number of benzene rings is 1. The summed E-state index contributed by atoms with van der Waals surface area (Å²) in [6, 6.07) is 11.0. The van der Waals surface area contributed by atoms with E-state index in [9.17, 15) is 4.79 Å². The zero-order chi connectivity index (χ0) is 13.2. The van der Waals surface area contributed by atoms with E-state index in [0.29, 0.717) is 12.1 Å². The van der Waals surface area contributed by atoms with Crippen LogP contribution in [0.2, 0.25) is 0 Å². The van der Waals surface area contributed by atoms with Gasteiger partial charge in [-0.15, -0.1) is 0 Å². The van der Waals surface area contributed by atoms with Crippen LogP contribution in [-0.2, 0) is 0 Å². The van der Waals surface area contributed by atoms with Gasteiger partial charge in [0.05, 0.1) is 13.0 Å². The predicted molar refractivity (Wildman–Crippen MR) is 72.8 cm³/mol. The zero-order valence-corrected chi connectivity index (χ0v) is 10.6. The van der Waals surface area contributed by atoms with Crippen molar-refractivity contribution in [3.8, 4) is 5.75 Å². The minimum absolute atomic E-state index is 0.113. The molecule has 1 unspecified atom stereocenters. The highest BCUT2D eigenvalue weighted by atomic mass is 16.5. The van der Waals surface area contributed by atoms with Crippen LogP contribution in [0.25, 0.3) is 0 Å². The Morgan fingerprint density at radius 1 is 1.32 bits per heavy atom. The van der Waals surface area contributed by atoms with Crippen LogP contribution in [0.4, 0.5) is 5.82 Å². The third kappa shape index (κ3) is 2.05. The van der Waals surface area contributed by atoms with Crippen molar-refractivity contribution in [3.05, 3.63) is 53.7 Å². The van der Waals surface area contributed by atoms with Crippen LogP contribution in [0.5, 0.6) is 5.75 Å².